The molecule has 3 heterocycles. The van der Waals surface area contributed by atoms with Crippen LogP contribution < -0.4 is 4.74 Å². The molecule has 4 aromatic rings. The van der Waals surface area contributed by atoms with Gasteiger partial charge < -0.3 is 9.47 Å². The zero-order valence-corrected chi connectivity index (χ0v) is 17.7. The summed E-state index contributed by atoms with van der Waals surface area (Å²) in [6, 6.07) is 17.0. The van der Waals surface area contributed by atoms with Gasteiger partial charge in [0.25, 0.3) is 0 Å². The van der Waals surface area contributed by atoms with Crippen molar-refractivity contribution in [2.45, 2.75) is 12.8 Å². The number of fused-ring (bicyclic) bond motifs is 3. The number of carbonyl (C=O) groups is 1. The lowest BCUT2D eigenvalue weighted by Crippen LogP contribution is -2.19. The van der Waals surface area contributed by atoms with Crippen molar-refractivity contribution in [1.29, 1.82) is 0 Å². The minimum atomic E-state index is -0.496. The fraction of sp³-hybridized carbons (Fsp3) is 0.125. The zero-order valence-electron chi connectivity index (χ0n) is 16.9. The maximum absolute atomic E-state index is 12.5. The second kappa shape index (κ2) is 7.25. The summed E-state index contributed by atoms with van der Waals surface area (Å²) in [5.74, 6) is -0.0820. The topological polar surface area (TPSA) is 66.2 Å². The number of nitrogens with zero attached hydrogens (tertiary/aromatic N) is 3. The highest BCUT2D eigenvalue weighted by atomic mass is 35.5. The number of methoxy groups -OCH3 is 1. The lowest BCUT2D eigenvalue weighted by atomic mass is 9.84. The van der Waals surface area contributed by atoms with Crippen LogP contribution in [0.25, 0.3) is 16.6 Å². The van der Waals surface area contributed by atoms with Gasteiger partial charge in [-0.25, -0.2) is 14.5 Å². The van der Waals surface area contributed by atoms with Crippen LogP contribution in [-0.4, -0.2) is 27.8 Å². The van der Waals surface area contributed by atoms with Crippen LogP contribution in [0.15, 0.2) is 66.7 Å². The van der Waals surface area contributed by atoms with Crippen LogP contribution in [0.5, 0.6) is 11.8 Å². The van der Waals surface area contributed by atoms with Crippen molar-refractivity contribution >= 4 is 28.5 Å². The van der Waals surface area contributed by atoms with Gasteiger partial charge in [-0.1, -0.05) is 36.4 Å². The minimum Gasteiger partial charge on any atom is -0.466 e. The average Bonchev–Trinajstić information content (AvgIpc) is 3.11. The zero-order chi connectivity index (χ0) is 21.7. The van der Waals surface area contributed by atoms with Crippen LogP contribution in [0.1, 0.15) is 22.7 Å². The number of carbonyl (C=O) groups excluding carboxylic acids is 1. The fourth-order valence-corrected chi connectivity index (χ4v) is 4.09. The van der Waals surface area contributed by atoms with E-state index in [0.717, 1.165) is 33.4 Å². The van der Waals surface area contributed by atoms with E-state index in [1.165, 1.54) is 7.11 Å². The third-order valence-electron chi connectivity index (χ3n) is 5.44. The number of rotatable bonds is 3. The number of aromatic nitrogens is 3. The number of halogens is 1. The Balaban J connectivity index is 1.77. The Hall–Kier alpha value is -3.64. The Morgan fingerprint density at radius 2 is 1.94 bits per heavy atom. The second-order valence-electron chi connectivity index (χ2n) is 7.32. The second-order valence-corrected chi connectivity index (χ2v) is 7.76. The first-order chi connectivity index (χ1) is 15.0. The van der Waals surface area contributed by atoms with Crippen molar-refractivity contribution in [2.24, 2.45) is 0 Å². The number of para-hydroxylation sites is 1. The van der Waals surface area contributed by atoms with Crippen molar-refractivity contribution in [2.75, 3.05) is 7.11 Å². The van der Waals surface area contributed by atoms with Crippen molar-refractivity contribution < 1.29 is 14.3 Å². The van der Waals surface area contributed by atoms with Gasteiger partial charge in [-0.05, 0) is 43.3 Å². The third-order valence-corrected chi connectivity index (χ3v) is 5.69. The Morgan fingerprint density at radius 3 is 2.68 bits per heavy atom. The van der Waals surface area contributed by atoms with Gasteiger partial charge in [0.05, 0.1) is 35.5 Å². The number of pyridine rings is 1. The highest BCUT2D eigenvalue weighted by molar-refractivity contribution is 6.30. The highest BCUT2D eigenvalue weighted by Crippen LogP contribution is 2.49. The maximum atomic E-state index is 12.5. The van der Waals surface area contributed by atoms with Gasteiger partial charge in [0.1, 0.15) is 0 Å². The maximum Gasteiger partial charge on any atom is 0.334 e. The van der Waals surface area contributed by atoms with E-state index in [0.29, 0.717) is 22.4 Å². The molecule has 1 atom stereocenters. The summed E-state index contributed by atoms with van der Waals surface area (Å²) in [7, 11) is 1.34. The molecule has 6 nitrogen and oxygen atoms in total. The number of hydrogen-bond acceptors (Lipinski definition) is 5. The molecule has 0 saturated heterocycles. The summed E-state index contributed by atoms with van der Waals surface area (Å²) in [5.41, 5.74) is 4.10. The van der Waals surface area contributed by atoms with Gasteiger partial charge in [0.15, 0.2) is 0 Å². The first kappa shape index (κ1) is 19.3. The minimum absolute atomic E-state index is 0.295. The monoisotopic (exact) mass is 431 g/mol. The first-order valence-electron chi connectivity index (χ1n) is 9.68. The molecule has 2 aromatic carbocycles. The molecule has 0 aliphatic carbocycles. The molecule has 0 bridgehead atoms. The Bertz CT molecular complexity index is 1360. The van der Waals surface area contributed by atoms with Gasteiger partial charge in [-0.2, -0.15) is 5.10 Å². The summed E-state index contributed by atoms with van der Waals surface area (Å²) in [6.45, 7) is 5.93. The Kier molecular flexibility index (Phi) is 4.52. The molecular formula is C24H18ClN3O3. The molecule has 154 valence electrons. The standard InChI is InChI=1S/C24H18ClN3O3/c1-13(24(29)30-3)20-18-12-15-6-4-5-7-19(15)26-22(18)31-23-21(20)14(2)27-28(23)17-10-8-16(25)9-11-17/h4-12,20H,1H2,2-3H3/t20-/m0/s1. The number of ether oxygens (including phenoxy) is 2. The van der Waals surface area contributed by atoms with Crippen molar-refractivity contribution in [3.8, 4) is 17.4 Å². The van der Waals surface area contributed by atoms with E-state index in [1.54, 1.807) is 16.8 Å². The van der Waals surface area contributed by atoms with E-state index in [-0.39, 0.29) is 0 Å². The highest BCUT2D eigenvalue weighted by Gasteiger charge is 2.38. The van der Waals surface area contributed by atoms with Crippen LogP contribution in [0.2, 0.25) is 5.02 Å². The van der Waals surface area contributed by atoms with Gasteiger partial charge in [0.2, 0.25) is 11.8 Å². The molecule has 0 amide bonds. The van der Waals surface area contributed by atoms with Gasteiger partial charge in [0, 0.05) is 21.5 Å². The van der Waals surface area contributed by atoms with Crippen LogP contribution in [0.3, 0.4) is 0 Å². The summed E-state index contributed by atoms with van der Waals surface area (Å²) in [5, 5.41) is 6.26. The quantitative estimate of drug-likeness (QED) is 0.323. The van der Waals surface area contributed by atoms with Gasteiger partial charge in [-0.3, -0.25) is 0 Å². The Labute approximate surface area is 183 Å². The number of esters is 1. The van der Waals surface area contributed by atoms with Gasteiger partial charge in [-0.15, -0.1) is 0 Å². The summed E-state index contributed by atoms with van der Waals surface area (Å²) < 4.78 is 13.0. The molecule has 0 spiro atoms. The SMILES string of the molecule is C=C(C(=O)OC)[C@H]1c2cc3ccccc3nc2Oc2c1c(C)nn2-c1ccc(Cl)cc1. The molecule has 0 unspecified atom stereocenters. The van der Waals surface area contributed by atoms with Crippen LogP contribution in [0, 0.1) is 6.92 Å². The fourth-order valence-electron chi connectivity index (χ4n) is 3.97. The van der Waals surface area contributed by atoms with Crippen molar-refractivity contribution in [3.63, 3.8) is 0 Å². The molecule has 31 heavy (non-hydrogen) atoms. The summed E-state index contributed by atoms with van der Waals surface area (Å²) in [6.07, 6.45) is 0. The third kappa shape index (κ3) is 3.07. The van der Waals surface area contributed by atoms with Crippen LogP contribution in [0.4, 0.5) is 0 Å². The van der Waals surface area contributed by atoms with E-state index >= 15 is 0 Å². The molecule has 0 saturated carbocycles. The molecule has 1 aliphatic rings. The Morgan fingerprint density at radius 1 is 1.19 bits per heavy atom. The first-order valence-corrected chi connectivity index (χ1v) is 10.1. The molecule has 2 aromatic heterocycles. The number of benzene rings is 2. The molecule has 7 heteroatoms. The van der Waals surface area contributed by atoms with E-state index in [9.17, 15) is 4.79 Å². The van der Waals surface area contributed by atoms with E-state index < -0.39 is 11.9 Å². The number of hydrogen-bond donors (Lipinski definition) is 0. The largest absolute Gasteiger partial charge is 0.466 e. The van der Waals surface area contributed by atoms with Gasteiger partial charge >= 0.3 is 5.97 Å². The summed E-state index contributed by atoms with van der Waals surface area (Å²) in [4.78, 5) is 17.2. The lowest BCUT2D eigenvalue weighted by molar-refractivity contribution is -0.136. The van der Waals surface area contributed by atoms with Crippen LogP contribution in [-0.2, 0) is 9.53 Å². The van der Waals surface area contributed by atoms with Crippen LogP contribution >= 0.6 is 11.6 Å². The van der Waals surface area contributed by atoms with E-state index in [4.69, 9.17) is 31.2 Å². The smallest absolute Gasteiger partial charge is 0.334 e. The van der Waals surface area contributed by atoms with Crippen molar-refractivity contribution in [3.05, 3.63) is 88.6 Å². The molecular weight excluding hydrogens is 414 g/mol. The summed E-state index contributed by atoms with van der Waals surface area (Å²) >= 11 is 6.05. The average molecular weight is 432 g/mol. The number of aryl methyl sites for hydroxylation is 1. The van der Waals surface area contributed by atoms with Crippen molar-refractivity contribution in [1.82, 2.24) is 14.8 Å². The predicted octanol–water partition coefficient (Wildman–Crippen LogP) is 5.35. The molecule has 1 aliphatic heterocycles. The van der Waals surface area contributed by atoms with E-state index in [1.807, 2.05) is 49.4 Å². The molecule has 5 rings (SSSR count). The predicted molar refractivity (Wildman–Crippen MR) is 118 cm³/mol. The van der Waals surface area contributed by atoms with E-state index in [2.05, 4.69) is 6.58 Å². The molecule has 0 fully saturated rings. The lowest BCUT2D eigenvalue weighted by Gasteiger charge is -2.27. The molecule has 0 radical (unpaired) electrons. The molecule has 0 N–H and O–H groups in total. The normalized spacial score (nSPS) is 14.5.